The van der Waals surface area contributed by atoms with Gasteiger partial charge in [-0.25, -0.2) is 0 Å². The highest BCUT2D eigenvalue weighted by molar-refractivity contribution is 7.98. The van der Waals surface area contributed by atoms with Crippen LogP contribution in [0.2, 0.25) is 0 Å². The maximum Gasteiger partial charge on any atom is 0.0950 e. The highest BCUT2D eigenvalue weighted by atomic mass is 32.2. The minimum absolute atomic E-state index is 0.459. The van der Waals surface area contributed by atoms with E-state index in [9.17, 15) is 0 Å². The summed E-state index contributed by atoms with van der Waals surface area (Å²) in [5, 5.41) is 3.53. The van der Waals surface area contributed by atoms with E-state index >= 15 is 0 Å². The lowest BCUT2D eigenvalue weighted by molar-refractivity contribution is 0.506. The second kappa shape index (κ2) is 6.96. The van der Waals surface area contributed by atoms with Crippen molar-refractivity contribution in [1.82, 2.24) is 5.32 Å². The molecule has 0 radical (unpaired) electrons. The molecule has 0 amide bonds. The van der Waals surface area contributed by atoms with Crippen LogP contribution >= 0.6 is 11.8 Å². The Bertz CT molecular complexity index is 215. The topological polar surface area (TPSA) is 25.2 Å². The van der Waals surface area contributed by atoms with Gasteiger partial charge in [0.15, 0.2) is 0 Å². The van der Waals surface area contributed by atoms with E-state index in [0.29, 0.717) is 6.04 Å². The quantitative estimate of drug-likeness (QED) is 0.753. The first-order valence-electron chi connectivity index (χ1n) is 5.13. The van der Waals surface area contributed by atoms with E-state index in [-0.39, 0.29) is 0 Å². The molecule has 3 heteroatoms. The van der Waals surface area contributed by atoms with Gasteiger partial charge in [0.05, 0.1) is 12.5 Å². The fraction of sp³-hybridized carbons (Fsp3) is 0.636. The van der Waals surface area contributed by atoms with Gasteiger partial charge in [-0.05, 0) is 37.5 Å². The molecule has 1 aromatic heterocycles. The van der Waals surface area contributed by atoms with Gasteiger partial charge in [0.25, 0.3) is 0 Å². The Hall–Kier alpha value is -0.410. The molecule has 14 heavy (non-hydrogen) atoms. The summed E-state index contributed by atoms with van der Waals surface area (Å²) in [7, 11) is 0. The SMILES string of the molecule is CCCNC(CCSC)c1ccoc1. The Balaban J connectivity index is 2.44. The molecule has 0 bridgehead atoms. The van der Waals surface area contributed by atoms with Crippen LogP contribution in [0.15, 0.2) is 23.0 Å². The lowest BCUT2D eigenvalue weighted by atomic mass is 10.1. The molecule has 0 fully saturated rings. The molecule has 0 aliphatic rings. The van der Waals surface area contributed by atoms with Gasteiger partial charge in [0.1, 0.15) is 0 Å². The van der Waals surface area contributed by atoms with Crippen molar-refractivity contribution in [3.8, 4) is 0 Å². The summed E-state index contributed by atoms with van der Waals surface area (Å²) < 4.78 is 5.11. The fourth-order valence-electron chi connectivity index (χ4n) is 1.41. The van der Waals surface area contributed by atoms with E-state index in [0.717, 1.165) is 6.54 Å². The molecule has 0 aliphatic carbocycles. The van der Waals surface area contributed by atoms with Crippen molar-refractivity contribution in [3.05, 3.63) is 24.2 Å². The van der Waals surface area contributed by atoms with Crippen molar-refractivity contribution in [2.75, 3.05) is 18.6 Å². The minimum atomic E-state index is 0.459. The van der Waals surface area contributed by atoms with Crippen molar-refractivity contribution < 1.29 is 4.42 Å². The van der Waals surface area contributed by atoms with Gasteiger partial charge < -0.3 is 9.73 Å². The van der Waals surface area contributed by atoms with Crippen LogP contribution < -0.4 is 5.32 Å². The molecule has 80 valence electrons. The van der Waals surface area contributed by atoms with Crippen LogP contribution in [0.1, 0.15) is 31.4 Å². The van der Waals surface area contributed by atoms with Crippen molar-refractivity contribution in [3.63, 3.8) is 0 Å². The average Bonchev–Trinajstić information content (AvgIpc) is 2.71. The number of hydrogen-bond donors (Lipinski definition) is 1. The Morgan fingerprint density at radius 1 is 1.57 bits per heavy atom. The standard InChI is InChI=1S/C11H19NOS/c1-3-6-12-11(5-8-14-2)10-4-7-13-9-10/h4,7,9,11-12H,3,5-6,8H2,1-2H3. The monoisotopic (exact) mass is 213 g/mol. The van der Waals surface area contributed by atoms with Crippen molar-refractivity contribution >= 4 is 11.8 Å². The maximum atomic E-state index is 5.11. The number of hydrogen-bond acceptors (Lipinski definition) is 3. The summed E-state index contributed by atoms with van der Waals surface area (Å²) in [6.45, 7) is 3.26. The molecule has 1 unspecified atom stereocenters. The van der Waals surface area contributed by atoms with E-state index in [2.05, 4.69) is 18.5 Å². The van der Waals surface area contributed by atoms with Crippen LogP contribution in [0.3, 0.4) is 0 Å². The zero-order valence-electron chi connectivity index (χ0n) is 8.95. The highest BCUT2D eigenvalue weighted by Gasteiger charge is 2.10. The number of rotatable bonds is 7. The first-order valence-corrected chi connectivity index (χ1v) is 6.52. The molecule has 1 atom stereocenters. The largest absolute Gasteiger partial charge is 0.472 e. The molecule has 0 saturated carbocycles. The smallest absolute Gasteiger partial charge is 0.0950 e. The predicted molar refractivity (Wildman–Crippen MR) is 62.7 cm³/mol. The van der Waals surface area contributed by atoms with Crippen LogP contribution in [-0.2, 0) is 0 Å². The molecule has 0 spiro atoms. The van der Waals surface area contributed by atoms with Crippen LogP contribution in [-0.4, -0.2) is 18.6 Å². The van der Waals surface area contributed by atoms with Gasteiger partial charge in [0.2, 0.25) is 0 Å². The third-order valence-electron chi connectivity index (χ3n) is 2.20. The van der Waals surface area contributed by atoms with Gasteiger partial charge in [-0.3, -0.25) is 0 Å². The van der Waals surface area contributed by atoms with Gasteiger partial charge >= 0.3 is 0 Å². The summed E-state index contributed by atoms with van der Waals surface area (Å²) in [6, 6.07) is 2.51. The number of furan rings is 1. The Kier molecular flexibility index (Phi) is 5.80. The zero-order valence-corrected chi connectivity index (χ0v) is 9.77. The summed E-state index contributed by atoms with van der Waals surface area (Å²) in [6.07, 6.45) is 8.07. The van der Waals surface area contributed by atoms with E-state index < -0.39 is 0 Å². The van der Waals surface area contributed by atoms with E-state index in [4.69, 9.17) is 4.42 Å². The van der Waals surface area contributed by atoms with E-state index in [1.807, 2.05) is 24.1 Å². The first-order chi connectivity index (χ1) is 6.88. The Labute approximate surface area is 90.5 Å². The normalized spacial score (nSPS) is 13.0. The maximum absolute atomic E-state index is 5.11. The van der Waals surface area contributed by atoms with Crippen LogP contribution in [0.25, 0.3) is 0 Å². The molecular formula is C11H19NOS. The molecule has 0 aliphatic heterocycles. The Morgan fingerprint density at radius 2 is 2.43 bits per heavy atom. The van der Waals surface area contributed by atoms with E-state index in [1.165, 1.54) is 24.2 Å². The summed E-state index contributed by atoms with van der Waals surface area (Å²) in [4.78, 5) is 0. The van der Waals surface area contributed by atoms with Gasteiger partial charge in [0, 0.05) is 11.6 Å². The van der Waals surface area contributed by atoms with Gasteiger partial charge in [-0.15, -0.1) is 0 Å². The van der Waals surface area contributed by atoms with Crippen LogP contribution in [0.5, 0.6) is 0 Å². The van der Waals surface area contributed by atoms with Gasteiger partial charge in [-0.1, -0.05) is 6.92 Å². The second-order valence-electron chi connectivity index (χ2n) is 3.34. The minimum Gasteiger partial charge on any atom is -0.472 e. The van der Waals surface area contributed by atoms with Crippen LogP contribution in [0, 0.1) is 0 Å². The van der Waals surface area contributed by atoms with Crippen molar-refractivity contribution in [1.29, 1.82) is 0 Å². The third-order valence-corrected chi connectivity index (χ3v) is 2.84. The highest BCUT2D eigenvalue weighted by Crippen LogP contribution is 2.18. The zero-order chi connectivity index (χ0) is 10.2. The third kappa shape index (κ3) is 3.76. The summed E-state index contributed by atoms with van der Waals surface area (Å²) >= 11 is 1.89. The number of thioether (sulfide) groups is 1. The lowest BCUT2D eigenvalue weighted by Crippen LogP contribution is -2.22. The molecule has 2 nitrogen and oxygen atoms in total. The molecule has 1 heterocycles. The second-order valence-corrected chi connectivity index (χ2v) is 4.33. The van der Waals surface area contributed by atoms with E-state index in [1.54, 1.807) is 6.26 Å². The van der Waals surface area contributed by atoms with Crippen LogP contribution in [0.4, 0.5) is 0 Å². The fourth-order valence-corrected chi connectivity index (χ4v) is 1.89. The lowest BCUT2D eigenvalue weighted by Gasteiger charge is -2.16. The summed E-state index contributed by atoms with van der Waals surface area (Å²) in [5.41, 5.74) is 1.27. The molecule has 1 N–H and O–H groups in total. The molecule has 0 saturated heterocycles. The number of nitrogens with one attached hydrogen (secondary N) is 1. The van der Waals surface area contributed by atoms with Crippen molar-refractivity contribution in [2.24, 2.45) is 0 Å². The Morgan fingerprint density at radius 3 is 3.00 bits per heavy atom. The molecule has 0 aromatic carbocycles. The van der Waals surface area contributed by atoms with Gasteiger partial charge in [-0.2, -0.15) is 11.8 Å². The molecule has 1 rings (SSSR count). The average molecular weight is 213 g/mol. The first kappa shape index (κ1) is 11.7. The molecular weight excluding hydrogens is 194 g/mol. The molecule has 1 aromatic rings. The van der Waals surface area contributed by atoms with Crippen molar-refractivity contribution in [2.45, 2.75) is 25.8 Å². The summed E-state index contributed by atoms with van der Waals surface area (Å²) in [5.74, 6) is 1.19. The predicted octanol–water partition coefficient (Wildman–Crippen LogP) is 3.07.